The van der Waals surface area contributed by atoms with Gasteiger partial charge in [0, 0.05) is 15.1 Å². The van der Waals surface area contributed by atoms with Gasteiger partial charge in [0.25, 0.3) is 0 Å². The average Bonchev–Trinajstić information content (AvgIpc) is 2.38. The van der Waals surface area contributed by atoms with Gasteiger partial charge in [0.15, 0.2) is 5.78 Å². The Kier molecular flexibility index (Phi) is 4.73. The maximum atomic E-state index is 12.4. The molecule has 0 unspecified atom stereocenters. The zero-order chi connectivity index (χ0) is 14.7. The lowest BCUT2D eigenvalue weighted by Crippen LogP contribution is -2.09. The number of rotatable bonds is 4. The van der Waals surface area contributed by atoms with E-state index in [-0.39, 0.29) is 11.3 Å². The Morgan fingerprint density at radius 2 is 1.80 bits per heavy atom. The maximum Gasteiger partial charge on any atom is 0.387 e. The minimum Gasteiger partial charge on any atom is -0.434 e. The molecule has 0 fully saturated rings. The number of hydrogen-bond acceptors (Lipinski definition) is 2. The lowest BCUT2D eigenvalue weighted by molar-refractivity contribution is -0.0501. The molecule has 0 amide bonds. The van der Waals surface area contributed by atoms with Gasteiger partial charge in [-0.15, -0.1) is 0 Å². The highest BCUT2D eigenvalue weighted by Gasteiger charge is 2.17. The minimum atomic E-state index is -3.00. The van der Waals surface area contributed by atoms with E-state index in [0.717, 1.165) is 0 Å². The molecule has 0 aromatic heterocycles. The van der Waals surface area contributed by atoms with Crippen molar-refractivity contribution in [2.24, 2.45) is 0 Å². The van der Waals surface area contributed by atoms with Crippen LogP contribution in [0.15, 0.2) is 46.9 Å². The van der Waals surface area contributed by atoms with Crippen LogP contribution in [-0.4, -0.2) is 12.4 Å². The molecule has 20 heavy (non-hydrogen) atoms. The van der Waals surface area contributed by atoms with Crippen molar-refractivity contribution in [3.8, 4) is 5.75 Å². The van der Waals surface area contributed by atoms with Crippen molar-refractivity contribution in [3.63, 3.8) is 0 Å². The third-order valence-electron chi connectivity index (χ3n) is 2.51. The van der Waals surface area contributed by atoms with Gasteiger partial charge in [-0.05, 0) is 42.5 Å². The fraction of sp³-hybridized carbons (Fsp3) is 0.0714. The molecule has 104 valence electrons. The molecule has 0 spiro atoms. The SMILES string of the molecule is O=C(c1ccc(Cl)cc1)c1ccc(Br)cc1OC(F)F. The van der Waals surface area contributed by atoms with Gasteiger partial charge in [-0.3, -0.25) is 4.79 Å². The van der Waals surface area contributed by atoms with E-state index in [1.807, 2.05) is 0 Å². The van der Waals surface area contributed by atoms with Crippen LogP contribution in [0.3, 0.4) is 0 Å². The van der Waals surface area contributed by atoms with Crippen LogP contribution in [-0.2, 0) is 0 Å². The van der Waals surface area contributed by atoms with Crippen molar-refractivity contribution in [1.82, 2.24) is 0 Å². The molecule has 2 rings (SSSR count). The highest BCUT2D eigenvalue weighted by atomic mass is 79.9. The quantitative estimate of drug-likeness (QED) is 0.721. The summed E-state index contributed by atoms with van der Waals surface area (Å²) in [6, 6.07) is 10.5. The number of benzene rings is 2. The Morgan fingerprint density at radius 3 is 2.40 bits per heavy atom. The van der Waals surface area contributed by atoms with Crippen LogP contribution >= 0.6 is 27.5 Å². The first kappa shape index (κ1) is 14.9. The smallest absolute Gasteiger partial charge is 0.387 e. The summed E-state index contributed by atoms with van der Waals surface area (Å²) in [7, 11) is 0. The van der Waals surface area contributed by atoms with Crippen LogP contribution in [0.5, 0.6) is 5.75 Å². The molecule has 2 aromatic rings. The molecule has 0 aliphatic heterocycles. The molecular formula is C14H8BrClF2O2. The predicted octanol–water partition coefficient (Wildman–Crippen LogP) is 4.93. The van der Waals surface area contributed by atoms with Crippen LogP contribution in [0.4, 0.5) is 8.78 Å². The highest BCUT2D eigenvalue weighted by molar-refractivity contribution is 9.10. The molecule has 0 bridgehead atoms. The fourth-order valence-electron chi connectivity index (χ4n) is 1.63. The van der Waals surface area contributed by atoms with E-state index < -0.39 is 12.4 Å². The standard InChI is InChI=1S/C14H8BrClF2O2/c15-9-3-6-11(12(7-9)20-14(17)18)13(19)8-1-4-10(16)5-2-8/h1-7,14H. The Labute approximate surface area is 127 Å². The van der Waals surface area contributed by atoms with E-state index in [2.05, 4.69) is 20.7 Å². The monoisotopic (exact) mass is 360 g/mol. The fourth-order valence-corrected chi connectivity index (χ4v) is 2.10. The normalized spacial score (nSPS) is 10.7. The van der Waals surface area contributed by atoms with E-state index >= 15 is 0 Å². The van der Waals surface area contributed by atoms with Crippen molar-refractivity contribution in [1.29, 1.82) is 0 Å². The van der Waals surface area contributed by atoms with Crippen LogP contribution in [0.1, 0.15) is 15.9 Å². The van der Waals surface area contributed by atoms with Gasteiger partial charge in [0.05, 0.1) is 5.56 Å². The molecule has 0 heterocycles. The van der Waals surface area contributed by atoms with Crippen molar-refractivity contribution in [3.05, 3.63) is 63.1 Å². The van der Waals surface area contributed by atoms with Crippen molar-refractivity contribution in [2.45, 2.75) is 6.61 Å². The number of alkyl halides is 2. The van der Waals surface area contributed by atoms with Gasteiger partial charge in [-0.25, -0.2) is 0 Å². The van der Waals surface area contributed by atoms with Gasteiger partial charge in [0.1, 0.15) is 5.75 Å². The van der Waals surface area contributed by atoms with Crippen LogP contribution < -0.4 is 4.74 Å². The number of hydrogen-bond donors (Lipinski definition) is 0. The summed E-state index contributed by atoms with van der Waals surface area (Å²) in [4.78, 5) is 12.3. The third-order valence-corrected chi connectivity index (χ3v) is 3.26. The molecule has 2 nitrogen and oxygen atoms in total. The molecule has 2 aromatic carbocycles. The molecule has 0 atom stereocenters. The summed E-state index contributed by atoms with van der Waals surface area (Å²) in [6.45, 7) is -3.00. The minimum absolute atomic E-state index is 0.0656. The van der Waals surface area contributed by atoms with E-state index in [1.54, 1.807) is 18.2 Å². The number of carbonyl (C=O) groups excluding carboxylic acids is 1. The van der Waals surface area contributed by atoms with Gasteiger partial charge >= 0.3 is 6.61 Å². The molecule has 0 aliphatic rings. The Morgan fingerprint density at radius 1 is 1.15 bits per heavy atom. The Hall–Kier alpha value is -1.46. The van der Waals surface area contributed by atoms with Crippen molar-refractivity contribution >= 4 is 33.3 Å². The number of halogens is 4. The van der Waals surface area contributed by atoms with E-state index in [1.165, 1.54) is 24.3 Å². The van der Waals surface area contributed by atoms with Gasteiger partial charge in [0.2, 0.25) is 0 Å². The molecule has 0 aliphatic carbocycles. The lowest BCUT2D eigenvalue weighted by atomic mass is 10.0. The van der Waals surface area contributed by atoms with Crippen LogP contribution in [0, 0.1) is 0 Å². The first-order valence-electron chi connectivity index (χ1n) is 5.52. The second-order valence-electron chi connectivity index (χ2n) is 3.86. The van der Waals surface area contributed by atoms with Crippen LogP contribution in [0.25, 0.3) is 0 Å². The largest absolute Gasteiger partial charge is 0.434 e. The van der Waals surface area contributed by atoms with Crippen LogP contribution in [0.2, 0.25) is 5.02 Å². The van der Waals surface area contributed by atoms with E-state index in [4.69, 9.17) is 11.6 Å². The third kappa shape index (κ3) is 3.55. The summed E-state index contributed by atoms with van der Waals surface area (Å²) in [5.74, 6) is -0.584. The predicted molar refractivity (Wildman–Crippen MR) is 75.7 cm³/mol. The van der Waals surface area contributed by atoms with Gasteiger partial charge in [-0.1, -0.05) is 27.5 Å². The molecular weight excluding hydrogens is 354 g/mol. The molecule has 6 heteroatoms. The van der Waals surface area contributed by atoms with Crippen molar-refractivity contribution < 1.29 is 18.3 Å². The summed E-state index contributed by atoms with van der Waals surface area (Å²) in [5, 5.41) is 0.487. The topological polar surface area (TPSA) is 26.3 Å². The van der Waals surface area contributed by atoms with Gasteiger partial charge < -0.3 is 4.74 Å². The van der Waals surface area contributed by atoms with Gasteiger partial charge in [-0.2, -0.15) is 8.78 Å². The molecule has 0 saturated heterocycles. The first-order chi connectivity index (χ1) is 9.47. The average molecular weight is 362 g/mol. The number of ketones is 1. The van der Waals surface area contributed by atoms with E-state index in [0.29, 0.717) is 15.1 Å². The van der Waals surface area contributed by atoms with Crippen molar-refractivity contribution in [2.75, 3.05) is 0 Å². The summed E-state index contributed by atoms with van der Waals surface area (Å²) in [6.07, 6.45) is 0. The number of ether oxygens (including phenoxy) is 1. The summed E-state index contributed by atoms with van der Waals surface area (Å²) in [5.41, 5.74) is 0.409. The second kappa shape index (κ2) is 6.33. The molecule has 0 saturated carbocycles. The number of carbonyl (C=O) groups is 1. The zero-order valence-corrected chi connectivity index (χ0v) is 12.3. The second-order valence-corrected chi connectivity index (χ2v) is 5.21. The zero-order valence-electron chi connectivity index (χ0n) is 9.95. The highest BCUT2D eigenvalue weighted by Crippen LogP contribution is 2.27. The maximum absolute atomic E-state index is 12.4. The summed E-state index contributed by atoms with van der Waals surface area (Å²) >= 11 is 8.89. The first-order valence-corrected chi connectivity index (χ1v) is 6.69. The lowest BCUT2D eigenvalue weighted by Gasteiger charge is -2.10. The Balaban J connectivity index is 2.40. The Bertz CT molecular complexity index is 630. The molecule has 0 N–H and O–H groups in total. The summed E-state index contributed by atoms with van der Waals surface area (Å²) < 4.78 is 29.7. The molecule has 0 radical (unpaired) electrons. The van der Waals surface area contributed by atoms with E-state index in [9.17, 15) is 13.6 Å².